The third-order valence-corrected chi connectivity index (χ3v) is 4.72. The first-order valence-corrected chi connectivity index (χ1v) is 7.24. The van der Waals surface area contributed by atoms with Gasteiger partial charge >= 0.3 is 0 Å². The molecule has 3 amide bonds. The number of aromatic amines is 1. The van der Waals surface area contributed by atoms with Crippen LogP contribution < -0.4 is 0 Å². The van der Waals surface area contributed by atoms with Gasteiger partial charge in [-0.05, 0) is 12.1 Å². The van der Waals surface area contributed by atoms with Crippen LogP contribution in [-0.4, -0.2) is 52.6 Å². The largest absolute Gasteiger partial charge is 0.361 e. The SMILES string of the molecule is CN1C(=O)[C@H]2CN(C(=O)c3cccc4cc[nH]c34)C[C@H]2C1=O. The fourth-order valence-corrected chi connectivity index (χ4v) is 3.51. The number of fused-ring (bicyclic) bond motifs is 2. The van der Waals surface area contributed by atoms with Crippen molar-refractivity contribution in [2.75, 3.05) is 20.1 Å². The van der Waals surface area contributed by atoms with E-state index in [1.165, 1.54) is 11.9 Å². The smallest absolute Gasteiger partial charge is 0.256 e. The number of para-hydroxylation sites is 1. The second kappa shape index (κ2) is 4.43. The lowest BCUT2D eigenvalue weighted by Gasteiger charge is -2.19. The molecule has 1 N–H and O–H groups in total. The van der Waals surface area contributed by atoms with Crippen molar-refractivity contribution in [1.29, 1.82) is 0 Å². The topological polar surface area (TPSA) is 73.5 Å². The standard InChI is InChI=1S/C16H15N3O3/c1-18-14(20)11-7-19(8-12(11)15(18)21)16(22)10-4-2-3-9-5-6-17-13(9)10/h2-6,11-12,17H,7-8H2,1H3/t11-,12+. The summed E-state index contributed by atoms with van der Waals surface area (Å²) in [5.41, 5.74) is 1.37. The molecule has 2 aliphatic rings. The summed E-state index contributed by atoms with van der Waals surface area (Å²) in [7, 11) is 1.51. The van der Waals surface area contributed by atoms with Gasteiger partial charge in [0, 0.05) is 31.7 Å². The van der Waals surface area contributed by atoms with Gasteiger partial charge in [0.25, 0.3) is 5.91 Å². The molecule has 3 heterocycles. The van der Waals surface area contributed by atoms with Crippen LogP contribution >= 0.6 is 0 Å². The van der Waals surface area contributed by atoms with Gasteiger partial charge in [-0.1, -0.05) is 12.1 Å². The van der Waals surface area contributed by atoms with Crippen LogP contribution in [0.1, 0.15) is 10.4 Å². The molecule has 0 spiro atoms. The van der Waals surface area contributed by atoms with Gasteiger partial charge in [-0.15, -0.1) is 0 Å². The monoisotopic (exact) mass is 297 g/mol. The minimum absolute atomic E-state index is 0.134. The Hall–Kier alpha value is -2.63. The van der Waals surface area contributed by atoms with E-state index in [4.69, 9.17) is 0 Å². The van der Waals surface area contributed by atoms with Crippen LogP contribution in [-0.2, 0) is 9.59 Å². The van der Waals surface area contributed by atoms with Crippen molar-refractivity contribution >= 4 is 28.6 Å². The number of nitrogens with one attached hydrogen (secondary N) is 1. The van der Waals surface area contributed by atoms with Gasteiger partial charge in [0.2, 0.25) is 11.8 Å². The highest BCUT2D eigenvalue weighted by Crippen LogP contribution is 2.33. The normalized spacial score (nSPS) is 24.4. The second-order valence-electron chi connectivity index (χ2n) is 5.91. The molecule has 22 heavy (non-hydrogen) atoms. The number of carbonyl (C=O) groups excluding carboxylic acids is 3. The molecule has 2 fully saturated rings. The maximum atomic E-state index is 12.8. The predicted molar refractivity (Wildman–Crippen MR) is 79.0 cm³/mol. The fourth-order valence-electron chi connectivity index (χ4n) is 3.51. The van der Waals surface area contributed by atoms with Gasteiger partial charge in [-0.3, -0.25) is 19.3 Å². The number of imide groups is 1. The van der Waals surface area contributed by atoms with E-state index < -0.39 is 0 Å². The lowest BCUT2D eigenvalue weighted by atomic mass is 10.00. The van der Waals surface area contributed by atoms with Crippen molar-refractivity contribution in [3.8, 4) is 0 Å². The molecule has 4 rings (SSSR count). The molecule has 1 aromatic carbocycles. The van der Waals surface area contributed by atoms with Crippen LogP contribution in [0.5, 0.6) is 0 Å². The Labute approximate surface area is 126 Å². The molecule has 2 saturated heterocycles. The van der Waals surface area contributed by atoms with E-state index in [-0.39, 0.29) is 29.6 Å². The number of rotatable bonds is 1. The fraction of sp³-hybridized carbons (Fsp3) is 0.312. The van der Waals surface area contributed by atoms with Crippen molar-refractivity contribution in [2.24, 2.45) is 11.8 Å². The Bertz CT molecular complexity index is 786. The Balaban J connectivity index is 1.65. The molecule has 6 nitrogen and oxygen atoms in total. The molecule has 0 aliphatic carbocycles. The number of likely N-dealkylation sites (tertiary alicyclic amines) is 2. The van der Waals surface area contributed by atoms with Crippen LogP contribution in [0, 0.1) is 11.8 Å². The van der Waals surface area contributed by atoms with Crippen LogP contribution in [0.25, 0.3) is 10.9 Å². The number of hydrogen-bond donors (Lipinski definition) is 1. The summed E-state index contributed by atoms with van der Waals surface area (Å²) in [5.74, 6) is -1.26. The van der Waals surface area contributed by atoms with Crippen LogP contribution in [0.2, 0.25) is 0 Å². The van der Waals surface area contributed by atoms with E-state index in [1.807, 2.05) is 18.2 Å². The molecule has 0 unspecified atom stereocenters. The second-order valence-corrected chi connectivity index (χ2v) is 5.91. The molecular formula is C16H15N3O3. The first-order valence-electron chi connectivity index (χ1n) is 7.24. The van der Waals surface area contributed by atoms with Crippen LogP contribution in [0.3, 0.4) is 0 Å². The number of benzene rings is 1. The van der Waals surface area contributed by atoms with Crippen LogP contribution in [0.4, 0.5) is 0 Å². The zero-order valence-electron chi connectivity index (χ0n) is 12.1. The number of carbonyl (C=O) groups is 3. The van der Waals surface area contributed by atoms with Crippen molar-refractivity contribution in [3.63, 3.8) is 0 Å². The van der Waals surface area contributed by atoms with Crippen molar-refractivity contribution < 1.29 is 14.4 Å². The zero-order chi connectivity index (χ0) is 15.4. The quantitative estimate of drug-likeness (QED) is 0.793. The molecule has 0 radical (unpaired) electrons. The minimum atomic E-state index is -0.385. The highest BCUT2D eigenvalue weighted by Gasteiger charge is 2.52. The first-order chi connectivity index (χ1) is 10.6. The lowest BCUT2D eigenvalue weighted by molar-refractivity contribution is -0.138. The summed E-state index contributed by atoms with van der Waals surface area (Å²) in [6.45, 7) is 0.630. The number of aromatic nitrogens is 1. The summed E-state index contributed by atoms with van der Waals surface area (Å²) >= 11 is 0. The predicted octanol–water partition coefficient (Wildman–Crippen LogP) is 0.855. The molecule has 0 bridgehead atoms. The van der Waals surface area contributed by atoms with E-state index in [2.05, 4.69) is 4.98 Å². The van der Waals surface area contributed by atoms with Crippen LogP contribution in [0.15, 0.2) is 30.5 Å². The molecule has 2 aliphatic heterocycles. The van der Waals surface area contributed by atoms with Gasteiger partial charge in [0.05, 0.1) is 22.9 Å². The molecular weight excluding hydrogens is 282 g/mol. The van der Waals surface area contributed by atoms with Gasteiger partial charge in [-0.25, -0.2) is 0 Å². The van der Waals surface area contributed by atoms with Crippen molar-refractivity contribution in [3.05, 3.63) is 36.0 Å². The zero-order valence-corrected chi connectivity index (χ0v) is 12.1. The van der Waals surface area contributed by atoms with E-state index in [1.54, 1.807) is 17.2 Å². The molecule has 112 valence electrons. The molecule has 6 heteroatoms. The van der Waals surface area contributed by atoms with Crippen molar-refractivity contribution in [2.45, 2.75) is 0 Å². The van der Waals surface area contributed by atoms with Gasteiger partial charge in [0.15, 0.2) is 0 Å². The summed E-state index contributed by atoms with van der Waals surface area (Å²) in [4.78, 5) is 42.7. The number of nitrogens with zero attached hydrogens (tertiary/aromatic N) is 2. The van der Waals surface area contributed by atoms with E-state index in [0.29, 0.717) is 18.7 Å². The lowest BCUT2D eigenvalue weighted by Crippen LogP contribution is -2.36. The number of amides is 3. The number of H-pyrrole nitrogens is 1. The van der Waals surface area contributed by atoms with E-state index in [9.17, 15) is 14.4 Å². The molecule has 1 aromatic heterocycles. The van der Waals surface area contributed by atoms with E-state index in [0.717, 1.165) is 10.9 Å². The summed E-state index contributed by atoms with van der Waals surface area (Å²) in [6.07, 6.45) is 1.79. The van der Waals surface area contributed by atoms with Gasteiger partial charge < -0.3 is 9.88 Å². The van der Waals surface area contributed by atoms with Crippen molar-refractivity contribution in [1.82, 2.24) is 14.8 Å². The van der Waals surface area contributed by atoms with Gasteiger partial charge in [0.1, 0.15) is 0 Å². The Morgan fingerprint density at radius 2 is 1.82 bits per heavy atom. The van der Waals surface area contributed by atoms with E-state index >= 15 is 0 Å². The average molecular weight is 297 g/mol. The summed E-state index contributed by atoms with van der Waals surface area (Å²) < 4.78 is 0. The third kappa shape index (κ3) is 1.63. The third-order valence-electron chi connectivity index (χ3n) is 4.72. The Kier molecular flexibility index (Phi) is 2.63. The Morgan fingerprint density at radius 3 is 2.50 bits per heavy atom. The summed E-state index contributed by atoms with van der Waals surface area (Å²) in [5, 5.41) is 0.970. The van der Waals surface area contributed by atoms with Gasteiger partial charge in [-0.2, -0.15) is 0 Å². The maximum absolute atomic E-state index is 12.8. The highest BCUT2D eigenvalue weighted by atomic mass is 16.2. The average Bonchev–Trinajstić information content (AvgIpc) is 3.21. The number of hydrogen-bond acceptors (Lipinski definition) is 3. The maximum Gasteiger partial charge on any atom is 0.256 e. The molecule has 2 atom stereocenters. The minimum Gasteiger partial charge on any atom is -0.361 e. The molecule has 0 saturated carbocycles. The molecule has 2 aromatic rings. The Morgan fingerprint density at radius 1 is 1.14 bits per heavy atom. The first kappa shape index (κ1) is 13.1. The highest BCUT2D eigenvalue weighted by molar-refractivity contribution is 6.09. The summed E-state index contributed by atoms with van der Waals surface area (Å²) in [6, 6.07) is 7.45.